The van der Waals surface area contributed by atoms with Crippen LogP contribution < -0.4 is 14.4 Å². The molecule has 218 valence electrons. The van der Waals surface area contributed by atoms with Crippen molar-refractivity contribution in [2.45, 2.75) is 63.1 Å². The van der Waals surface area contributed by atoms with Crippen molar-refractivity contribution < 1.29 is 22.7 Å². The van der Waals surface area contributed by atoms with Gasteiger partial charge >= 0.3 is 0 Å². The van der Waals surface area contributed by atoms with Gasteiger partial charge in [-0.05, 0) is 74.2 Å². The molecule has 41 heavy (non-hydrogen) atoms. The van der Waals surface area contributed by atoms with Crippen molar-refractivity contribution in [3.63, 3.8) is 0 Å². The minimum Gasteiger partial charge on any atom is -0.497 e. The molecular formula is C31H36ClN3O5S. The van der Waals surface area contributed by atoms with Gasteiger partial charge in [0, 0.05) is 17.6 Å². The number of hydrogen-bond acceptors (Lipinski definition) is 5. The first-order chi connectivity index (χ1) is 19.6. The van der Waals surface area contributed by atoms with Gasteiger partial charge in [0.15, 0.2) is 0 Å². The number of anilines is 1. The predicted octanol–water partition coefficient (Wildman–Crippen LogP) is 5.33. The van der Waals surface area contributed by atoms with Gasteiger partial charge in [-0.15, -0.1) is 0 Å². The van der Waals surface area contributed by atoms with E-state index in [9.17, 15) is 18.0 Å². The normalized spacial score (nSPS) is 14.3. The van der Waals surface area contributed by atoms with E-state index in [1.54, 1.807) is 63.4 Å². The fourth-order valence-corrected chi connectivity index (χ4v) is 6.68. The van der Waals surface area contributed by atoms with Crippen molar-refractivity contribution in [1.82, 2.24) is 10.2 Å². The Morgan fingerprint density at radius 1 is 1.02 bits per heavy atom. The highest BCUT2D eigenvalue weighted by molar-refractivity contribution is 7.92. The van der Waals surface area contributed by atoms with Gasteiger partial charge in [0.2, 0.25) is 11.8 Å². The molecule has 0 saturated heterocycles. The highest BCUT2D eigenvalue weighted by atomic mass is 35.5. The predicted molar refractivity (Wildman–Crippen MR) is 161 cm³/mol. The molecule has 0 heterocycles. The van der Waals surface area contributed by atoms with E-state index < -0.39 is 28.5 Å². The maximum absolute atomic E-state index is 14.1. The zero-order valence-corrected chi connectivity index (χ0v) is 25.1. The molecule has 1 fully saturated rings. The Balaban J connectivity index is 1.71. The number of halogens is 1. The number of nitrogens with zero attached hydrogens (tertiary/aromatic N) is 2. The maximum Gasteiger partial charge on any atom is 0.264 e. The van der Waals surface area contributed by atoms with Crippen LogP contribution in [0.1, 0.15) is 43.7 Å². The van der Waals surface area contributed by atoms with E-state index in [4.69, 9.17) is 16.3 Å². The van der Waals surface area contributed by atoms with Crippen LogP contribution in [0.5, 0.6) is 5.75 Å². The molecule has 0 radical (unpaired) electrons. The standard InChI is InChI=1S/C31H36ClN3O5S/c1-22-16-17-25(32)19-29(22)35(41(38,39)28-14-5-4-6-15-28)21-30(36)34(20-24-10-9-13-27(18-24)40-3)23(2)31(37)33-26-11-7-8-12-26/h4-6,9-10,13-19,23,26H,7-8,11-12,20-21H2,1-3H3,(H,33,37). The minimum atomic E-state index is -4.16. The van der Waals surface area contributed by atoms with Crippen LogP contribution >= 0.6 is 11.6 Å². The Kier molecular flexibility index (Phi) is 9.94. The van der Waals surface area contributed by atoms with Gasteiger partial charge in [-0.25, -0.2) is 8.42 Å². The summed E-state index contributed by atoms with van der Waals surface area (Å²) in [7, 11) is -2.61. The highest BCUT2D eigenvalue weighted by Crippen LogP contribution is 2.30. The van der Waals surface area contributed by atoms with E-state index in [1.807, 2.05) is 12.1 Å². The van der Waals surface area contributed by atoms with E-state index >= 15 is 0 Å². The lowest BCUT2D eigenvalue weighted by atomic mass is 10.1. The number of methoxy groups -OCH3 is 1. The lowest BCUT2D eigenvalue weighted by Gasteiger charge is -2.33. The number of aryl methyl sites for hydroxylation is 1. The summed E-state index contributed by atoms with van der Waals surface area (Å²) >= 11 is 6.28. The van der Waals surface area contributed by atoms with Crippen LogP contribution in [0.15, 0.2) is 77.7 Å². The largest absolute Gasteiger partial charge is 0.497 e. The van der Waals surface area contributed by atoms with Crippen molar-refractivity contribution in [3.8, 4) is 5.75 Å². The number of rotatable bonds is 11. The summed E-state index contributed by atoms with van der Waals surface area (Å²) < 4.78 is 34.3. The fraction of sp³-hybridized carbons (Fsp3) is 0.355. The second-order valence-electron chi connectivity index (χ2n) is 10.3. The van der Waals surface area contributed by atoms with Crippen molar-refractivity contribution in [1.29, 1.82) is 0 Å². The zero-order chi connectivity index (χ0) is 29.6. The molecule has 10 heteroatoms. The summed E-state index contributed by atoms with van der Waals surface area (Å²) in [5.41, 5.74) is 1.67. The molecule has 0 aliphatic heterocycles. The van der Waals surface area contributed by atoms with E-state index in [0.717, 1.165) is 35.6 Å². The number of nitrogens with one attached hydrogen (secondary N) is 1. The van der Waals surface area contributed by atoms with E-state index in [1.165, 1.54) is 23.1 Å². The molecular weight excluding hydrogens is 562 g/mol. The Labute approximate surface area is 247 Å². The first-order valence-corrected chi connectivity index (χ1v) is 15.5. The number of carbonyl (C=O) groups is 2. The molecule has 4 rings (SSSR count). The van der Waals surface area contributed by atoms with E-state index in [0.29, 0.717) is 22.0 Å². The van der Waals surface area contributed by atoms with Crippen LogP contribution in [0, 0.1) is 6.92 Å². The molecule has 1 unspecified atom stereocenters. The average Bonchev–Trinajstić information content (AvgIpc) is 3.49. The summed E-state index contributed by atoms with van der Waals surface area (Å²) in [5.74, 6) is -0.189. The lowest BCUT2D eigenvalue weighted by Crippen LogP contribution is -2.52. The average molecular weight is 598 g/mol. The molecule has 0 bridgehead atoms. The fourth-order valence-electron chi connectivity index (χ4n) is 5.03. The van der Waals surface area contributed by atoms with E-state index in [-0.39, 0.29) is 23.4 Å². The molecule has 1 atom stereocenters. The zero-order valence-electron chi connectivity index (χ0n) is 23.5. The molecule has 1 aliphatic rings. The van der Waals surface area contributed by atoms with Crippen molar-refractivity contribution in [2.24, 2.45) is 0 Å². The van der Waals surface area contributed by atoms with Crippen LogP contribution in [-0.2, 0) is 26.2 Å². The third-order valence-corrected chi connectivity index (χ3v) is 9.41. The molecule has 1 aliphatic carbocycles. The molecule has 3 aromatic carbocycles. The van der Waals surface area contributed by atoms with Crippen LogP contribution in [-0.4, -0.2) is 50.9 Å². The van der Waals surface area contributed by atoms with Crippen molar-refractivity contribution in [3.05, 3.63) is 88.9 Å². The number of hydrogen-bond donors (Lipinski definition) is 1. The quantitative estimate of drug-likeness (QED) is 0.322. The molecule has 0 aromatic heterocycles. The van der Waals surface area contributed by atoms with Crippen LogP contribution in [0.4, 0.5) is 5.69 Å². The summed E-state index contributed by atoms with van der Waals surface area (Å²) in [6.07, 6.45) is 3.91. The maximum atomic E-state index is 14.1. The third kappa shape index (κ3) is 7.40. The van der Waals surface area contributed by atoms with Gasteiger partial charge in [0.25, 0.3) is 10.0 Å². The number of amides is 2. The van der Waals surface area contributed by atoms with Crippen LogP contribution in [0.25, 0.3) is 0 Å². The molecule has 1 N–H and O–H groups in total. The Morgan fingerprint density at radius 3 is 2.41 bits per heavy atom. The van der Waals surface area contributed by atoms with Gasteiger partial charge in [0.1, 0.15) is 18.3 Å². The first kappa shape index (κ1) is 30.4. The second kappa shape index (κ2) is 13.4. The summed E-state index contributed by atoms with van der Waals surface area (Å²) in [6, 6.07) is 19.3. The summed E-state index contributed by atoms with van der Waals surface area (Å²) in [4.78, 5) is 28.9. The molecule has 1 saturated carbocycles. The van der Waals surface area contributed by atoms with Gasteiger partial charge in [0.05, 0.1) is 17.7 Å². The summed E-state index contributed by atoms with van der Waals surface area (Å²) in [6.45, 7) is 2.99. The van der Waals surface area contributed by atoms with Gasteiger partial charge < -0.3 is 15.0 Å². The third-order valence-electron chi connectivity index (χ3n) is 7.41. The van der Waals surface area contributed by atoms with Crippen molar-refractivity contribution >= 4 is 39.1 Å². The Morgan fingerprint density at radius 2 is 1.73 bits per heavy atom. The lowest BCUT2D eigenvalue weighted by molar-refractivity contribution is -0.139. The second-order valence-corrected chi connectivity index (χ2v) is 12.6. The Bertz CT molecular complexity index is 1480. The topological polar surface area (TPSA) is 96.0 Å². The van der Waals surface area contributed by atoms with Gasteiger partial charge in [-0.2, -0.15) is 0 Å². The number of ether oxygens (including phenoxy) is 1. The van der Waals surface area contributed by atoms with E-state index in [2.05, 4.69) is 5.32 Å². The first-order valence-electron chi connectivity index (χ1n) is 13.7. The number of benzene rings is 3. The number of carbonyl (C=O) groups excluding carboxylic acids is 2. The monoisotopic (exact) mass is 597 g/mol. The van der Waals surface area contributed by atoms with Crippen molar-refractivity contribution in [2.75, 3.05) is 18.0 Å². The number of sulfonamides is 1. The van der Waals surface area contributed by atoms with Crippen LogP contribution in [0.2, 0.25) is 5.02 Å². The highest BCUT2D eigenvalue weighted by Gasteiger charge is 2.34. The SMILES string of the molecule is COc1cccc(CN(C(=O)CN(c2cc(Cl)ccc2C)S(=O)(=O)c2ccccc2)C(C)C(=O)NC2CCCC2)c1. The van der Waals surface area contributed by atoms with Gasteiger partial charge in [-0.1, -0.05) is 60.8 Å². The Hall–Kier alpha value is -3.56. The van der Waals surface area contributed by atoms with Crippen LogP contribution in [0.3, 0.4) is 0 Å². The summed E-state index contributed by atoms with van der Waals surface area (Å²) in [5, 5.41) is 3.41. The molecule has 3 aromatic rings. The van der Waals surface area contributed by atoms with Gasteiger partial charge in [-0.3, -0.25) is 13.9 Å². The molecule has 8 nitrogen and oxygen atoms in total. The smallest absolute Gasteiger partial charge is 0.264 e. The molecule has 0 spiro atoms. The minimum absolute atomic E-state index is 0.0403. The molecule has 2 amide bonds.